The molecule has 0 aliphatic carbocycles. The first-order valence-corrected chi connectivity index (χ1v) is 7.41. The van der Waals surface area contributed by atoms with Crippen LogP contribution in [-0.2, 0) is 11.3 Å². The van der Waals surface area contributed by atoms with Crippen molar-refractivity contribution in [3.63, 3.8) is 0 Å². The number of rotatable bonds is 4. The van der Waals surface area contributed by atoms with Gasteiger partial charge in [0, 0.05) is 17.5 Å². The summed E-state index contributed by atoms with van der Waals surface area (Å²) in [6.45, 7) is 1.64. The van der Waals surface area contributed by atoms with Crippen LogP contribution in [0.5, 0.6) is 0 Å². The van der Waals surface area contributed by atoms with E-state index in [-0.39, 0.29) is 23.6 Å². The first-order valence-electron chi connectivity index (χ1n) is 6.53. The molecule has 118 valence electrons. The number of benzene rings is 1. The summed E-state index contributed by atoms with van der Waals surface area (Å²) in [7, 11) is 0. The van der Waals surface area contributed by atoms with Crippen molar-refractivity contribution in [1.82, 2.24) is 10.1 Å². The lowest BCUT2D eigenvalue weighted by Crippen LogP contribution is -2.05. The number of aromatic nitrogens is 2. The number of hydrogen-bond acceptors (Lipinski definition) is 6. The molecule has 0 aliphatic heterocycles. The van der Waals surface area contributed by atoms with Crippen LogP contribution in [0.15, 0.2) is 34.2 Å². The predicted octanol–water partition coefficient (Wildman–Crippen LogP) is 3.74. The Morgan fingerprint density at radius 1 is 1.35 bits per heavy atom. The van der Waals surface area contributed by atoms with Crippen molar-refractivity contribution >= 4 is 17.3 Å². The van der Waals surface area contributed by atoms with Gasteiger partial charge in [0.2, 0.25) is 0 Å². The fourth-order valence-electron chi connectivity index (χ4n) is 1.87. The van der Waals surface area contributed by atoms with Gasteiger partial charge < -0.3 is 9.26 Å². The zero-order valence-electron chi connectivity index (χ0n) is 11.9. The summed E-state index contributed by atoms with van der Waals surface area (Å²) in [4.78, 5) is 15.8. The second kappa shape index (κ2) is 6.25. The molecule has 0 N–H and O–H groups in total. The van der Waals surface area contributed by atoms with E-state index in [4.69, 9.17) is 9.26 Å². The first-order chi connectivity index (χ1) is 11.0. The maximum Gasteiger partial charge on any atom is 0.358 e. The number of carbonyl (C=O) groups is 1. The Morgan fingerprint density at radius 2 is 2.17 bits per heavy atom. The minimum atomic E-state index is -0.761. The standard InChI is InChI=1S/C15H10F2N2O3S/c1-8-18-13(7-23-8)15(20)21-6-10-5-14(22-19-10)11-3-2-9(16)4-12(11)17/h2-5,7H,6H2,1H3. The predicted molar refractivity (Wildman–Crippen MR) is 77.8 cm³/mol. The second-order valence-electron chi connectivity index (χ2n) is 4.63. The van der Waals surface area contributed by atoms with E-state index in [1.807, 2.05) is 0 Å². The molecule has 0 fully saturated rings. The molecule has 0 amide bonds. The number of aryl methyl sites for hydroxylation is 1. The molecule has 2 aromatic heterocycles. The number of nitrogens with zero attached hydrogens (tertiary/aromatic N) is 2. The van der Waals surface area contributed by atoms with E-state index in [0.29, 0.717) is 5.69 Å². The Kier molecular flexibility index (Phi) is 4.16. The largest absolute Gasteiger partial charge is 0.454 e. The summed E-state index contributed by atoms with van der Waals surface area (Å²) >= 11 is 1.34. The lowest BCUT2D eigenvalue weighted by molar-refractivity contribution is 0.0458. The molecular weight excluding hydrogens is 326 g/mol. The Labute approximate surface area is 133 Å². The van der Waals surface area contributed by atoms with Gasteiger partial charge in [-0.2, -0.15) is 0 Å². The topological polar surface area (TPSA) is 65.2 Å². The summed E-state index contributed by atoms with van der Waals surface area (Å²) in [6, 6.07) is 4.54. The number of hydrogen-bond donors (Lipinski definition) is 0. The van der Waals surface area contributed by atoms with Gasteiger partial charge >= 0.3 is 5.97 Å². The van der Waals surface area contributed by atoms with Crippen LogP contribution < -0.4 is 0 Å². The fourth-order valence-corrected chi connectivity index (χ4v) is 2.45. The third kappa shape index (κ3) is 3.42. The van der Waals surface area contributed by atoms with E-state index in [2.05, 4.69) is 10.1 Å². The molecule has 0 saturated carbocycles. The molecule has 0 spiro atoms. The Bertz CT molecular complexity index is 860. The Morgan fingerprint density at radius 3 is 2.87 bits per heavy atom. The lowest BCUT2D eigenvalue weighted by Gasteiger charge is -1.99. The zero-order chi connectivity index (χ0) is 16.4. The van der Waals surface area contributed by atoms with E-state index in [1.54, 1.807) is 12.3 Å². The van der Waals surface area contributed by atoms with Crippen molar-refractivity contribution in [3.05, 3.63) is 57.7 Å². The quantitative estimate of drug-likeness (QED) is 0.679. The molecule has 0 atom stereocenters. The highest BCUT2D eigenvalue weighted by molar-refractivity contribution is 7.09. The molecule has 23 heavy (non-hydrogen) atoms. The minimum absolute atomic E-state index is 0.0756. The Balaban J connectivity index is 1.69. The van der Waals surface area contributed by atoms with Crippen LogP contribution in [0.2, 0.25) is 0 Å². The van der Waals surface area contributed by atoms with Crippen molar-refractivity contribution in [2.45, 2.75) is 13.5 Å². The van der Waals surface area contributed by atoms with Crippen LogP contribution in [0.25, 0.3) is 11.3 Å². The molecule has 3 rings (SSSR count). The van der Waals surface area contributed by atoms with Gasteiger partial charge in [-0.05, 0) is 19.1 Å². The van der Waals surface area contributed by atoms with Gasteiger partial charge in [-0.15, -0.1) is 11.3 Å². The fraction of sp³-hybridized carbons (Fsp3) is 0.133. The van der Waals surface area contributed by atoms with Gasteiger partial charge in [-0.1, -0.05) is 5.16 Å². The van der Waals surface area contributed by atoms with Gasteiger partial charge in [-0.3, -0.25) is 0 Å². The van der Waals surface area contributed by atoms with Crippen LogP contribution in [0, 0.1) is 18.6 Å². The number of esters is 1. The molecule has 0 unspecified atom stereocenters. The SMILES string of the molecule is Cc1nc(C(=O)OCc2cc(-c3ccc(F)cc3F)on2)cs1. The highest BCUT2D eigenvalue weighted by Gasteiger charge is 2.15. The van der Waals surface area contributed by atoms with Crippen molar-refractivity contribution in [1.29, 1.82) is 0 Å². The maximum atomic E-state index is 13.7. The average molecular weight is 336 g/mol. The van der Waals surface area contributed by atoms with Crippen LogP contribution in [0.1, 0.15) is 21.2 Å². The van der Waals surface area contributed by atoms with Gasteiger partial charge in [0.1, 0.15) is 23.9 Å². The smallest absolute Gasteiger partial charge is 0.358 e. The van der Waals surface area contributed by atoms with E-state index >= 15 is 0 Å². The number of ether oxygens (including phenoxy) is 1. The highest BCUT2D eigenvalue weighted by Crippen LogP contribution is 2.24. The number of halogens is 2. The summed E-state index contributed by atoms with van der Waals surface area (Å²) in [5.74, 6) is -1.90. The average Bonchev–Trinajstić information content (AvgIpc) is 3.14. The van der Waals surface area contributed by atoms with E-state index in [9.17, 15) is 13.6 Å². The molecule has 1 aromatic carbocycles. The third-order valence-corrected chi connectivity index (χ3v) is 3.71. The van der Waals surface area contributed by atoms with Crippen molar-refractivity contribution in [2.24, 2.45) is 0 Å². The molecule has 5 nitrogen and oxygen atoms in total. The van der Waals surface area contributed by atoms with E-state index < -0.39 is 17.6 Å². The van der Waals surface area contributed by atoms with Crippen molar-refractivity contribution in [3.8, 4) is 11.3 Å². The third-order valence-electron chi connectivity index (χ3n) is 2.93. The van der Waals surface area contributed by atoms with Gasteiger partial charge in [0.05, 0.1) is 10.6 Å². The van der Waals surface area contributed by atoms with Crippen LogP contribution in [0.3, 0.4) is 0 Å². The summed E-state index contributed by atoms with van der Waals surface area (Å²) < 4.78 is 36.6. The summed E-state index contributed by atoms with van der Waals surface area (Å²) in [5, 5.41) is 6.05. The van der Waals surface area contributed by atoms with Crippen LogP contribution in [-0.4, -0.2) is 16.1 Å². The molecular formula is C15H10F2N2O3S. The van der Waals surface area contributed by atoms with Crippen LogP contribution in [0.4, 0.5) is 8.78 Å². The summed E-state index contributed by atoms with van der Waals surface area (Å²) in [6.07, 6.45) is 0. The molecule has 0 bridgehead atoms. The minimum Gasteiger partial charge on any atom is -0.454 e. The van der Waals surface area contributed by atoms with Crippen molar-refractivity contribution < 1.29 is 22.8 Å². The van der Waals surface area contributed by atoms with Gasteiger partial charge in [0.15, 0.2) is 11.5 Å². The van der Waals surface area contributed by atoms with E-state index in [0.717, 1.165) is 17.1 Å². The monoisotopic (exact) mass is 336 g/mol. The molecule has 8 heteroatoms. The molecule has 3 aromatic rings. The number of carbonyl (C=O) groups excluding carboxylic acids is 1. The molecule has 0 aliphatic rings. The zero-order valence-corrected chi connectivity index (χ0v) is 12.7. The van der Waals surface area contributed by atoms with Crippen LogP contribution >= 0.6 is 11.3 Å². The second-order valence-corrected chi connectivity index (χ2v) is 5.70. The van der Waals surface area contributed by atoms with Crippen molar-refractivity contribution in [2.75, 3.05) is 0 Å². The lowest BCUT2D eigenvalue weighted by atomic mass is 10.1. The Hall–Kier alpha value is -2.61. The highest BCUT2D eigenvalue weighted by atomic mass is 32.1. The normalized spacial score (nSPS) is 10.7. The number of thiazole rings is 1. The first kappa shape index (κ1) is 15.3. The van der Waals surface area contributed by atoms with E-state index in [1.165, 1.54) is 23.5 Å². The van der Waals surface area contributed by atoms with Gasteiger partial charge in [-0.25, -0.2) is 18.6 Å². The summed E-state index contributed by atoms with van der Waals surface area (Å²) in [5.41, 5.74) is 0.608. The maximum absolute atomic E-state index is 13.7. The molecule has 0 radical (unpaired) electrons. The van der Waals surface area contributed by atoms with Gasteiger partial charge in [0.25, 0.3) is 0 Å². The molecule has 0 saturated heterocycles. The molecule has 2 heterocycles.